The molecule has 3 rings (SSSR count). The summed E-state index contributed by atoms with van der Waals surface area (Å²) in [6.45, 7) is 7.16. The number of pyridine rings is 2. The SMILES string of the molecule is Cc1cncc(Nc2nc(NN(C(=O)OC(C)(C)C)C3CCCCC3)c(F)cc2C(N)=O)c1. The Balaban J connectivity index is 1.96. The molecule has 178 valence electrons. The van der Waals surface area contributed by atoms with Crippen LogP contribution in [0.5, 0.6) is 0 Å². The van der Waals surface area contributed by atoms with Crippen LogP contribution in [0.2, 0.25) is 0 Å². The Morgan fingerprint density at radius 1 is 1.15 bits per heavy atom. The van der Waals surface area contributed by atoms with E-state index in [1.807, 2.05) is 6.92 Å². The molecular formula is C23H31FN6O3. The predicted octanol–water partition coefficient (Wildman–Crippen LogP) is 4.66. The highest BCUT2D eigenvalue weighted by Gasteiger charge is 2.31. The van der Waals surface area contributed by atoms with E-state index in [0.717, 1.165) is 43.7 Å². The van der Waals surface area contributed by atoms with E-state index < -0.39 is 23.4 Å². The van der Waals surface area contributed by atoms with Crippen molar-refractivity contribution in [3.05, 3.63) is 41.5 Å². The second-order valence-corrected chi connectivity index (χ2v) is 9.21. The van der Waals surface area contributed by atoms with Crippen molar-refractivity contribution in [2.75, 3.05) is 10.7 Å². The molecule has 1 saturated carbocycles. The number of hydrogen-bond donors (Lipinski definition) is 3. The van der Waals surface area contributed by atoms with Gasteiger partial charge in [0.2, 0.25) is 0 Å². The van der Waals surface area contributed by atoms with Crippen LogP contribution in [-0.4, -0.2) is 38.6 Å². The average Bonchev–Trinajstić information content (AvgIpc) is 2.73. The van der Waals surface area contributed by atoms with Crippen LogP contribution in [0, 0.1) is 12.7 Å². The van der Waals surface area contributed by atoms with Crippen LogP contribution in [-0.2, 0) is 4.74 Å². The van der Waals surface area contributed by atoms with E-state index in [4.69, 9.17) is 10.5 Å². The number of hydrogen-bond acceptors (Lipinski definition) is 7. The largest absolute Gasteiger partial charge is 0.442 e. The van der Waals surface area contributed by atoms with Crippen molar-refractivity contribution in [3.63, 3.8) is 0 Å². The number of aromatic nitrogens is 2. The van der Waals surface area contributed by atoms with E-state index in [9.17, 15) is 14.0 Å². The standard InChI is InChI=1S/C23H31FN6O3/c1-14-10-15(13-26-12-14)27-20-17(19(25)31)11-18(24)21(28-20)29-30(16-8-6-5-7-9-16)22(32)33-23(2,3)4/h10-13,16H,5-9H2,1-4H3,(H2,25,31)(H2,27,28,29). The van der Waals surface area contributed by atoms with E-state index in [1.54, 1.807) is 39.2 Å². The first kappa shape index (κ1) is 24.2. The Hall–Kier alpha value is -3.43. The van der Waals surface area contributed by atoms with Crippen molar-refractivity contribution in [2.45, 2.75) is 71.4 Å². The number of nitrogens with one attached hydrogen (secondary N) is 2. The van der Waals surface area contributed by atoms with Gasteiger partial charge >= 0.3 is 6.09 Å². The zero-order valence-corrected chi connectivity index (χ0v) is 19.4. The molecule has 1 fully saturated rings. The summed E-state index contributed by atoms with van der Waals surface area (Å²) in [6.07, 6.45) is 7.11. The van der Waals surface area contributed by atoms with Gasteiger partial charge < -0.3 is 15.8 Å². The second-order valence-electron chi connectivity index (χ2n) is 9.21. The van der Waals surface area contributed by atoms with Gasteiger partial charge in [-0.3, -0.25) is 15.2 Å². The van der Waals surface area contributed by atoms with Crippen molar-refractivity contribution in [3.8, 4) is 0 Å². The van der Waals surface area contributed by atoms with E-state index in [0.29, 0.717) is 5.69 Å². The maximum absolute atomic E-state index is 15.0. The molecule has 0 aliphatic heterocycles. The molecule has 2 aromatic heterocycles. The smallest absolute Gasteiger partial charge is 0.429 e. The van der Waals surface area contributed by atoms with E-state index in [1.165, 1.54) is 5.01 Å². The molecule has 2 heterocycles. The fraction of sp³-hybridized carbons (Fsp3) is 0.478. The summed E-state index contributed by atoms with van der Waals surface area (Å²) in [5, 5.41) is 4.27. The quantitative estimate of drug-likeness (QED) is 0.538. The zero-order valence-electron chi connectivity index (χ0n) is 19.4. The Bertz CT molecular complexity index is 1020. The monoisotopic (exact) mass is 458 g/mol. The van der Waals surface area contributed by atoms with E-state index in [2.05, 4.69) is 20.7 Å². The first-order valence-corrected chi connectivity index (χ1v) is 11.0. The molecule has 2 amide bonds. The molecule has 1 aliphatic carbocycles. The van der Waals surface area contributed by atoms with Gasteiger partial charge in [0.05, 0.1) is 23.5 Å². The number of rotatable bonds is 6. The summed E-state index contributed by atoms with van der Waals surface area (Å²) < 4.78 is 20.5. The molecule has 0 atom stereocenters. The number of hydrazine groups is 1. The second kappa shape index (κ2) is 10.0. The Labute approximate surface area is 192 Å². The lowest BCUT2D eigenvalue weighted by molar-refractivity contribution is 0.0184. The number of carbonyl (C=O) groups is 2. The number of primary amides is 1. The van der Waals surface area contributed by atoms with Crippen molar-refractivity contribution in [2.24, 2.45) is 5.73 Å². The molecule has 1 aliphatic rings. The number of carbonyl (C=O) groups excluding carboxylic acids is 2. The molecule has 2 aromatic rings. The van der Waals surface area contributed by atoms with Crippen molar-refractivity contribution in [1.82, 2.24) is 15.0 Å². The molecule has 33 heavy (non-hydrogen) atoms. The fourth-order valence-electron chi connectivity index (χ4n) is 3.66. The molecular weight excluding hydrogens is 427 g/mol. The van der Waals surface area contributed by atoms with Gasteiger partial charge in [-0.1, -0.05) is 19.3 Å². The lowest BCUT2D eigenvalue weighted by atomic mass is 9.95. The van der Waals surface area contributed by atoms with Gasteiger partial charge in [-0.2, -0.15) is 0 Å². The first-order chi connectivity index (χ1) is 15.5. The van der Waals surface area contributed by atoms with Crippen LogP contribution in [0.4, 0.5) is 26.5 Å². The average molecular weight is 459 g/mol. The maximum atomic E-state index is 15.0. The van der Waals surface area contributed by atoms with Crippen LogP contribution in [0.15, 0.2) is 24.5 Å². The first-order valence-electron chi connectivity index (χ1n) is 11.0. The third-order valence-electron chi connectivity index (χ3n) is 5.14. The number of nitrogens with two attached hydrogens (primary N) is 1. The highest BCUT2D eigenvalue weighted by molar-refractivity contribution is 5.98. The Morgan fingerprint density at radius 2 is 1.85 bits per heavy atom. The lowest BCUT2D eigenvalue weighted by Crippen LogP contribution is -2.48. The number of aryl methyl sites for hydroxylation is 1. The summed E-state index contributed by atoms with van der Waals surface area (Å²) in [6, 6.07) is 2.62. The molecule has 4 N–H and O–H groups in total. The summed E-state index contributed by atoms with van der Waals surface area (Å²) in [5.74, 6) is -1.83. The van der Waals surface area contributed by atoms with Crippen LogP contribution in [0.1, 0.15) is 68.8 Å². The van der Waals surface area contributed by atoms with Crippen LogP contribution >= 0.6 is 0 Å². The summed E-state index contributed by atoms with van der Waals surface area (Å²) in [5.41, 5.74) is 8.85. The van der Waals surface area contributed by atoms with Gasteiger partial charge in [0.25, 0.3) is 5.91 Å². The highest BCUT2D eigenvalue weighted by Crippen LogP contribution is 2.28. The topological polar surface area (TPSA) is 122 Å². The minimum atomic E-state index is -0.840. The van der Waals surface area contributed by atoms with Crippen molar-refractivity contribution >= 4 is 29.3 Å². The van der Waals surface area contributed by atoms with E-state index in [-0.39, 0.29) is 23.2 Å². The fourth-order valence-corrected chi connectivity index (χ4v) is 3.66. The van der Waals surface area contributed by atoms with Gasteiger partial charge in [-0.05, 0) is 58.2 Å². The minimum Gasteiger partial charge on any atom is -0.442 e. The molecule has 0 aromatic carbocycles. The number of nitrogens with zero attached hydrogens (tertiary/aromatic N) is 3. The molecule has 0 saturated heterocycles. The number of ether oxygens (including phenoxy) is 1. The molecule has 10 heteroatoms. The third kappa shape index (κ3) is 6.53. The predicted molar refractivity (Wildman–Crippen MR) is 124 cm³/mol. The van der Waals surface area contributed by atoms with Crippen molar-refractivity contribution < 1.29 is 18.7 Å². The highest BCUT2D eigenvalue weighted by atomic mass is 19.1. The summed E-state index contributed by atoms with van der Waals surface area (Å²) in [4.78, 5) is 33.2. The zero-order chi connectivity index (χ0) is 24.2. The molecule has 0 radical (unpaired) electrons. The number of amides is 2. The molecule has 0 bridgehead atoms. The van der Waals surface area contributed by atoms with Gasteiger partial charge in [0, 0.05) is 6.20 Å². The van der Waals surface area contributed by atoms with Crippen LogP contribution in [0.25, 0.3) is 0 Å². The summed E-state index contributed by atoms with van der Waals surface area (Å²) >= 11 is 0. The Morgan fingerprint density at radius 3 is 2.45 bits per heavy atom. The van der Waals surface area contributed by atoms with Crippen LogP contribution in [0.3, 0.4) is 0 Å². The van der Waals surface area contributed by atoms with Gasteiger partial charge in [-0.15, -0.1) is 0 Å². The van der Waals surface area contributed by atoms with Gasteiger partial charge in [-0.25, -0.2) is 19.2 Å². The summed E-state index contributed by atoms with van der Waals surface area (Å²) in [7, 11) is 0. The number of anilines is 3. The van der Waals surface area contributed by atoms with Crippen LogP contribution < -0.4 is 16.5 Å². The molecule has 9 nitrogen and oxygen atoms in total. The van der Waals surface area contributed by atoms with Gasteiger partial charge in [0.1, 0.15) is 11.4 Å². The Kier molecular flexibility index (Phi) is 7.35. The van der Waals surface area contributed by atoms with Gasteiger partial charge in [0.15, 0.2) is 11.6 Å². The normalized spacial score (nSPS) is 14.5. The van der Waals surface area contributed by atoms with Crippen molar-refractivity contribution in [1.29, 1.82) is 0 Å². The minimum absolute atomic E-state index is 0.0478. The molecule has 0 spiro atoms. The lowest BCUT2D eigenvalue weighted by Gasteiger charge is -2.35. The third-order valence-corrected chi connectivity index (χ3v) is 5.14. The number of halogens is 1. The maximum Gasteiger partial charge on any atom is 0.429 e. The molecule has 0 unspecified atom stereocenters. The van der Waals surface area contributed by atoms with E-state index >= 15 is 0 Å².